The summed E-state index contributed by atoms with van der Waals surface area (Å²) >= 11 is 12.3. The molecule has 0 fully saturated rings. The molecule has 12 heteroatoms. The van der Waals surface area contributed by atoms with Crippen molar-refractivity contribution in [1.29, 1.82) is 0 Å². The van der Waals surface area contributed by atoms with Crippen LogP contribution < -0.4 is 10.3 Å². The number of carbonyl (C=O) groups excluding carboxylic acids is 2. The molecule has 0 atom stereocenters. The number of sulfonamides is 1. The Labute approximate surface area is 218 Å². The fraction of sp³-hybridized carbons (Fsp3) is 0.292. The van der Waals surface area contributed by atoms with E-state index in [4.69, 9.17) is 27.9 Å². The molecule has 0 saturated carbocycles. The van der Waals surface area contributed by atoms with Crippen molar-refractivity contribution in [3.05, 3.63) is 74.1 Å². The molecule has 0 saturated heterocycles. The SMILES string of the molecule is Cc1c(NS(=O)(=O)c2cc(C(=O)OCC(=O)C(C)(C)C)cc(Cl)c2Cl)c(=O)n(-c2ccccc2)n1C. The van der Waals surface area contributed by atoms with Crippen LogP contribution in [-0.2, 0) is 26.6 Å². The minimum Gasteiger partial charge on any atom is -0.454 e. The number of benzene rings is 2. The zero-order chi connectivity index (χ0) is 27.0. The van der Waals surface area contributed by atoms with Crippen LogP contribution in [0, 0.1) is 12.3 Å². The first-order valence-electron chi connectivity index (χ1n) is 10.7. The summed E-state index contributed by atoms with van der Waals surface area (Å²) in [5, 5.41) is -0.566. The maximum Gasteiger partial charge on any atom is 0.338 e. The monoisotopic (exact) mass is 553 g/mol. The lowest BCUT2D eigenvalue weighted by molar-refractivity contribution is -0.129. The number of aromatic nitrogens is 2. The minimum absolute atomic E-state index is 0.197. The summed E-state index contributed by atoms with van der Waals surface area (Å²) in [6.45, 7) is 6.11. The first-order valence-corrected chi connectivity index (χ1v) is 13.0. The molecular formula is C24H25Cl2N3O6S. The number of hydrogen-bond donors (Lipinski definition) is 1. The van der Waals surface area contributed by atoms with Crippen molar-refractivity contribution in [1.82, 2.24) is 9.36 Å². The summed E-state index contributed by atoms with van der Waals surface area (Å²) in [7, 11) is -2.86. The molecule has 0 aliphatic carbocycles. The Bertz CT molecular complexity index is 1500. The van der Waals surface area contributed by atoms with E-state index in [2.05, 4.69) is 4.72 Å². The maximum atomic E-state index is 13.3. The Morgan fingerprint density at radius 2 is 1.69 bits per heavy atom. The lowest BCUT2D eigenvalue weighted by Crippen LogP contribution is -2.26. The van der Waals surface area contributed by atoms with Gasteiger partial charge in [-0.25, -0.2) is 17.9 Å². The number of Topliss-reactive ketones (excluding diaryl/α,β-unsaturated/α-hetero) is 1. The summed E-state index contributed by atoms with van der Waals surface area (Å²) in [5.41, 5.74) is -0.880. The number of carbonyl (C=O) groups is 2. The molecule has 3 rings (SSSR count). The molecule has 0 spiro atoms. The average molecular weight is 554 g/mol. The maximum absolute atomic E-state index is 13.3. The lowest BCUT2D eigenvalue weighted by atomic mass is 9.91. The third kappa shape index (κ3) is 5.50. The predicted octanol–water partition coefficient (Wildman–Crippen LogP) is 4.36. The Balaban J connectivity index is 1.99. The van der Waals surface area contributed by atoms with Gasteiger partial charge in [0.25, 0.3) is 15.6 Å². The van der Waals surface area contributed by atoms with Crippen molar-refractivity contribution in [2.45, 2.75) is 32.6 Å². The van der Waals surface area contributed by atoms with Crippen molar-refractivity contribution in [3.8, 4) is 5.69 Å². The van der Waals surface area contributed by atoms with Gasteiger partial charge in [-0.05, 0) is 31.2 Å². The van der Waals surface area contributed by atoms with Gasteiger partial charge in [-0.1, -0.05) is 62.2 Å². The van der Waals surface area contributed by atoms with Crippen LogP contribution >= 0.6 is 23.2 Å². The third-order valence-electron chi connectivity index (χ3n) is 5.48. The molecule has 3 aromatic rings. The number of halogens is 2. The first-order chi connectivity index (χ1) is 16.6. The minimum atomic E-state index is -4.48. The van der Waals surface area contributed by atoms with E-state index in [1.807, 2.05) is 0 Å². The van der Waals surface area contributed by atoms with Gasteiger partial charge in [-0.15, -0.1) is 0 Å². The van der Waals surface area contributed by atoms with Gasteiger partial charge in [0.2, 0.25) is 0 Å². The zero-order valence-corrected chi connectivity index (χ0v) is 22.6. The number of nitrogens with zero attached hydrogens (tertiary/aromatic N) is 2. The van der Waals surface area contributed by atoms with Crippen LogP contribution in [0.4, 0.5) is 5.69 Å². The summed E-state index contributed by atoms with van der Waals surface area (Å²) in [5.74, 6) is -1.27. The van der Waals surface area contributed by atoms with Crippen LogP contribution in [0.3, 0.4) is 0 Å². The zero-order valence-electron chi connectivity index (χ0n) is 20.3. The van der Waals surface area contributed by atoms with Crippen LogP contribution in [0.2, 0.25) is 10.0 Å². The molecule has 36 heavy (non-hydrogen) atoms. The van der Waals surface area contributed by atoms with Gasteiger partial charge in [-0.3, -0.25) is 19.0 Å². The molecule has 0 radical (unpaired) electrons. The summed E-state index contributed by atoms with van der Waals surface area (Å²) in [4.78, 5) is 37.2. The second kappa shape index (κ2) is 10.1. The van der Waals surface area contributed by atoms with Gasteiger partial charge >= 0.3 is 5.97 Å². The molecule has 192 valence electrons. The third-order valence-corrected chi connectivity index (χ3v) is 7.77. The van der Waals surface area contributed by atoms with Crippen LogP contribution in [0.1, 0.15) is 36.8 Å². The molecule has 0 amide bonds. The van der Waals surface area contributed by atoms with E-state index in [0.29, 0.717) is 11.4 Å². The van der Waals surface area contributed by atoms with Crippen LogP contribution in [0.25, 0.3) is 5.69 Å². The molecule has 0 aliphatic rings. The van der Waals surface area contributed by atoms with E-state index in [0.717, 1.165) is 12.1 Å². The average Bonchev–Trinajstić information content (AvgIpc) is 3.01. The highest BCUT2D eigenvalue weighted by atomic mass is 35.5. The summed E-state index contributed by atoms with van der Waals surface area (Å²) < 4.78 is 36.7. The molecule has 1 aromatic heterocycles. The standard InChI is InChI=1S/C24H25Cl2N3O6S/c1-14-21(22(31)29(28(14)5)16-9-7-6-8-10-16)27-36(33,34)18-12-15(11-17(25)20(18)26)23(32)35-13-19(30)24(2,3)4/h6-12,27H,13H2,1-5H3. The van der Waals surface area contributed by atoms with E-state index in [9.17, 15) is 22.8 Å². The van der Waals surface area contributed by atoms with Gasteiger partial charge in [-0.2, -0.15) is 0 Å². The number of rotatable bonds is 7. The summed E-state index contributed by atoms with van der Waals surface area (Å²) in [6.07, 6.45) is 0. The topological polar surface area (TPSA) is 116 Å². The molecule has 1 N–H and O–H groups in total. The number of anilines is 1. The highest BCUT2D eigenvalue weighted by Crippen LogP contribution is 2.32. The smallest absolute Gasteiger partial charge is 0.338 e. The molecular weight excluding hydrogens is 529 g/mol. The molecule has 0 unspecified atom stereocenters. The summed E-state index contributed by atoms with van der Waals surface area (Å²) in [6, 6.07) is 10.8. The van der Waals surface area contributed by atoms with Crippen molar-refractivity contribution in [2.24, 2.45) is 12.5 Å². The van der Waals surface area contributed by atoms with Gasteiger partial charge in [0, 0.05) is 12.5 Å². The number of ketones is 1. The second-order valence-electron chi connectivity index (χ2n) is 9.06. The fourth-order valence-electron chi connectivity index (χ4n) is 3.18. The van der Waals surface area contributed by atoms with Crippen LogP contribution in [0.5, 0.6) is 0 Å². The van der Waals surface area contributed by atoms with Crippen LogP contribution in [0.15, 0.2) is 52.2 Å². The Morgan fingerprint density at radius 3 is 2.28 bits per heavy atom. The molecule has 9 nitrogen and oxygen atoms in total. The lowest BCUT2D eigenvalue weighted by Gasteiger charge is -2.16. The largest absolute Gasteiger partial charge is 0.454 e. The normalized spacial score (nSPS) is 11.9. The predicted molar refractivity (Wildman–Crippen MR) is 138 cm³/mol. The molecule has 0 aliphatic heterocycles. The van der Waals surface area contributed by atoms with Crippen LogP contribution in [-0.4, -0.2) is 36.1 Å². The van der Waals surface area contributed by atoms with Gasteiger partial charge in [0.15, 0.2) is 12.4 Å². The van der Waals surface area contributed by atoms with E-state index in [1.54, 1.807) is 65.1 Å². The highest BCUT2D eigenvalue weighted by molar-refractivity contribution is 7.92. The number of para-hydroxylation sites is 1. The Morgan fingerprint density at radius 1 is 1.08 bits per heavy atom. The van der Waals surface area contributed by atoms with Crippen molar-refractivity contribution in [3.63, 3.8) is 0 Å². The fourth-order valence-corrected chi connectivity index (χ4v) is 5.11. The number of ether oxygens (including phenoxy) is 1. The van der Waals surface area contributed by atoms with E-state index in [1.165, 1.54) is 9.36 Å². The van der Waals surface area contributed by atoms with Crippen molar-refractivity contribution >= 4 is 50.7 Å². The Kier molecular flexibility index (Phi) is 7.73. The van der Waals surface area contributed by atoms with Gasteiger partial charge in [0.05, 0.1) is 27.0 Å². The van der Waals surface area contributed by atoms with Gasteiger partial charge < -0.3 is 4.74 Å². The highest BCUT2D eigenvalue weighted by Gasteiger charge is 2.28. The van der Waals surface area contributed by atoms with Crippen molar-refractivity contribution in [2.75, 3.05) is 11.3 Å². The second-order valence-corrected chi connectivity index (χ2v) is 11.5. The number of nitrogens with one attached hydrogen (secondary N) is 1. The number of esters is 1. The quantitative estimate of drug-likeness (QED) is 0.434. The van der Waals surface area contributed by atoms with Crippen molar-refractivity contribution < 1.29 is 22.7 Å². The number of hydrogen-bond acceptors (Lipinski definition) is 6. The molecule has 1 heterocycles. The van der Waals surface area contributed by atoms with Gasteiger partial charge in [0.1, 0.15) is 10.6 Å². The molecule has 2 aromatic carbocycles. The van der Waals surface area contributed by atoms with E-state index in [-0.39, 0.29) is 27.1 Å². The van der Waals surface area contributed by atoms with E-state index < -0.39 is 38.5 Å². The van der Waals surface area contributed by atoms with E-state index >= 15 is 0 Å². The molecule has 0 bridgehead atoms. The Hall–Kier alpha value is -3.08. The first kappa shape index (κ1) is 27.5.